The van der Waals surface area contributed by atoms with E-state index >= 15 is 0 Å². The average molecular weight is 895 g/mol. The van der Waals surface area contributed by atoms with Crippen molar-refractivity contribution in [3.63, 3.8) is 0 Å². The Balaban J connectivity index is 1.39. The Labute approximate surface area is 372 Å². The van der Waals surface area contributed by atoms with E-state index in [1.165, 1.54) is 14.2 Å². The summed E-state index contributed by atoms with van der Waals surface area (Å²) in [5.74, 6) is -2.94. The van der Waals surface area contributed by atoms with Crippen molar-refractivity contribution in [1.29, 1.82) is 0 Å². The lowest BCUT2D eigenvalue weighted by molar-refractivity contribution is -0.145. The number of hydrogen-bond acceptors (Lipinski definition) is 14. The van der Waals surface area contributed by atoms with E-state index in [-0.39, 0.29) is 66.6 Å². The number of benzene rings is 2. The first-order valence-electron chi connectivity index (χ1n) is 20.5. The van der Waals surface area contributed by atoms with Gasteiger partial charge in [-0.25, -0.2) is 19.6 Å². The van der Waals surface area contributed by atoms with Gasteiger partial charge in [0.2, 0.25) is 11.8 Å². The van der Waals surface area contributed by atoms with Gasteiger partial charge in [-0.3, -0.25) is 29.5 Å². The van der Waals surface area contributed by atoms with Crippen molar-refractivity contribution in [3.05, 3.63) is 70.5 Å². The fourth-order valence-electron chi connectivity index (χ4n) is 6.00. The average Bonchev–Trinajstić information content (AvgIpc) is 3.24. The van der Waals surface area contributed by atoms with E-state index in [9.17, 15) is 28.8 Å². The number of rotatable bonds is 22. The van der Waals surface area contributed by atoms with Crippen LogP contribution in [0.25, 0.3) is 11.1 Å². The van der Waals surface area contributed by atoms with Gasteiger partial charge in [-0.2, -0.15) is 0 Å². The first-order valence-corrected chi connectivity index (χ1v) is 20.9. The number of ether oxygens (including phenoxy) is 3. The Kier molecular flexibility index (Phi) is 20.5. The van der Waals surface area contributed by atoms with Crippen LogP contribution in [0.15, 0.2) is 53.5 Å². The first-order chi connectivity index (χ1) is 29.9. The molecule has 3 rings (SSSR count). The zero-order valence-electron chi connectivity index (χ0n) is 36.4. The molecule has 10 N–H and O–H groups in total. The Morgan fingerprint density at radius 2 is 1.40 bits per heavy atom. The molecule has 0 aliphatic carbocycles. The predicted octanol–water partition coefficient (Wildman–Crippen LogP) is 3.75. The molecular weight excluding hydrogens is 836 g/mol. The summed E-state index contributed by atoms with van der Waals surface area (Å²) in [4.78, 5) is 86.4. The largest absolute Gasteiger partial charge is 0.469 e. The maximum absolute atomic E-state index is 12.9. The van der Waals surface area contributed by atoms with Gasteiger partial charge in [-0.1, -0.05) is 60.1 Å². The number of nitrogens with zero attached hydrogens (tertiary/aromatic N) is 3. The van der Waals surface area contributed by atoms with Crippen LogP contribution in [0.1, 0.15) is 93.8 Å². The normalized spacial score (nSPS) is 12.3. The number of anilines is 2. The van der Waals surface area contributed by atoms with Gasteiger partial charge in [-0.15, -0.1) is 0 Å². The smallest absolute Gasteiger partial charge is 0.408 e. The second-order valence-electron chi connectivity index (χ2n) is 15.4. The number of alkyl carbamates (subject to hydrolysis) is 1. The molecule has 0 saturated carbocycles. The molecule has 0 fully saturated rings. The summed E-state index contributed by atoms with van der Waals surface area (Å²) in [5.41, 5.74) is 20.3. The Bertz CT molecular complexity index is 2060. The third-order valence-corrected chi connectivity index (χ3v) is 9.59. The fraction of sp³-hybridized carbons (Fsp3) is 0.465. The van der Waals surface area contributed by atoms with Gasteiger partial charge in [0, 0.05) is 25.9 Å². The molecule has 0 spiro atoms. The van der Waals surface area contributed by atoms with Crippen molar-refractivity contribution in [2.24, 2.45) is 10.7 Å². The lowest BCUT2D eigenvalue weighted by atomic mass is 9.99. The number of halogens is 1. The number of hydrogen-bond donors (Lipinski definition) is 7. The molecule has 1 heterocycles. The van der Waals surface area contributed by atoms with Crippen LogP contribution < -0.4 is 38.5 Å². The van der Waals surface area contributed by atoms with Crippen molar-refractivity contribution in [3.8, 4) is 11.1 Å². The molecular formula is C43H59ClN10O9. The van der Waals surface area contributed by atoms with Crippen molar-refractivity contribution in [2.45, 2.75) is 103 Å². The van der Waals surface area contributed by atoms with Gasteiger partial charge in [0.05, 0.1) is 14.2 Å². The maximum atomic E-state index is 12.9. The number of guanidine groups is 1. The molecule has 0 unspecified atom stereocenters. The molecule has 63 heavy (non-hydrogen) atoms. The first kappa shape index (κ1) is 50.9. The molecule has 2 aromatic carbocycles. The molecule has 0 radical (unpaired) electrons. The predicted molar refractivity (Wildman–Crippen MR) is 238 cm³/mol. The number of carbonyl (C=O) groups excluding carboxylic acids is 6. The molecule has 342 valence electrons. The van der Waals surface area contributed by atoms with E-state index in [1.54, 1.807) is 20.8 Å². The van der Waals surface area contributed by atoms with Crippen LogP contribution in [-0.2, 0) is 46.2 Å². The number of aryl methyl sites for hydroxylation is 2. The number of unbranched alkanes of at least 4 members (excludes halogenated alkanes) is 2. The van der Waals surface area contributed by atoms with Crippen LogP contribution in [-0.4, -0.2) is 96.7 Å². The summed E-state index contributed by atoms with van der Waals surface area (Å²) in [7, 11) is 2.49. The van der Waals surface area contributed by atoms with E-state index < -0.39 is 47.5 Å². The molecule has 0 aliphatic heterocycles. The van der Waals surface area contributed by atoms with Crippen molar-refractivity contribution in [2.75, 3.05) is 38.8 Å². The van der Waals surface area contributed by atoms with Gasteiger partial charge < -0.3 is 47.4 Å². The monoisotopic (exact) mass is 894 g/mol. The van der Waals surface area contributed by atoms with E-state index in [2.05, 4.69) is 65.2 Å². The molecule has 0 bridgehead atoms. The molecule has 2 atom stereocenters. The zero-order chi connectivity index (χ0) is 46.5. The minimum atomic E-state index is -1.03. The third kappa shape index (κ3) is 18.6. The Morgan fingerprint density at radius 1 is 0.762 bits per heavy atom. The number of amides is 4. The number of esters is 2. The van der Waals surface area contributed by atoms with Gasteiger partial charge >= 0.3 is 18.0 Å². The SMILES string of the molecule is COC(=O)CC[C@H](NC(=O)OC(C)(C)C)C(=O)NCCCC[C@H](NC(=O)CCc1ccc(-c2ccc(CCCCN=C(N)NC(=O)c3nc(Cl)c(N)nc3N)cc2)cc1)C(=O)OC. The summed E-state index contributed by atoms with van der Waals surface area (Å²) in [6.07, 6.45) is 3.38. The summed E-state index contributed by atoms with van der Waals surface area (Å²) >= 11 is 5.83. The van der Waals surface area contributed by atoms with Crippen molar-refractivity contribution >= 4 is 64.9 Å². The molecule has 19 nitrogen and oxygen atoms in total. The molecule has 20 heteroatoms. The van der Waals surface area contributed by atoms with Crippen LogP contribution in [0.5, 0.6) is 0 Å². The highest BCUT2D eigenvalue weighted by molar-refractivity contribution is 6.31. The summed E-state index contributed by atoms with van der Waals surface area (Å²) < 4.78 is 14.8. The number of methoxy groups -OCH3 is 2. The number of nitrogens with one attached hydrogen (secondary N) is 4. The Hall–Kier alpha value is -6.50. The topological polar surface area (TPSA) is 294 Å². The summed E-state index contributed by atoms with van der Waals surface area (Å²) in [6, 6.07) is 14.3. The van der Waals surface area contributed by atoms with Crippen LogP contribution in [0.4, 0.5) is 16.4 Å². The van der Waals surface area contributed by atoms with Gasteiger partial charge in [-0.05, 0) is 94.4 Å². The van der Waals surface area contributed by atoms with Crippen LogP contribution in [0.2, 0.25) is 5.15 Å². The lowest BCUT2D eigenvalue weighted by Crippen LogP contribution is -2.48. The second-order valence-corrected chi connectivity index (χ2v) is 15.8. The van der Waals surface area contributed by atoms with Crippen LogP contribution >= 0.6 is 11.6 Å². The number of carbonyl (C=O) groups is 6. The standard InChI is InChI=1S/C43H59ClN10O9/c1-43(2,3)63-42(60)51-30(21-23-33(56)61-4)38(57)48-24-9-7-11-31(40(59)62-5)50-32(55)22-16-27-14-19-29(20-15-27)28-17-12-26(13-18-28)10-6-8-25-49-41(47)54-39(58)34-36(45)53-37(46)35(44)52-34/h12-15,17-20,30-31H,6-11,16,21-25H2,1-5H3,(H,48,57)(H,50,55)(H,51,60)(H4,45,46,53)(H3,47,49,54,58)/t30-,31-/m0/s1. The summed E-state index contributed by atoms with van der Waals surface area (Å²) in [5, 5.41) is 10.3. The highest BCUT2D eigenvalue weighted by atomic mass is 35.5. The summed E-state index contributed by atoms with van der Waals surface area (Å²) in [6.45, 7) is 5.70. The minimum Gasteiger partial charge on any atom is -0.469 e. The zero-order valence-corrected chi connectivity index (χ0v) is 37.1. The fourth-order valence-corrected chi connectivity index (χ4v) is 6.13. The van der Waals surface area contributed by atoms with E-state index in [4.69, 9.17) is 38.3 Å². The molecule has 3 aromatic rings. The van der Waals surface area contributed by atoms with E-state index in [0.717, 1.165) is 41.5 Å². The van der Waals surface area contributed by atoms with Crippen molar-refractivity contribution < 1.29 is 43.0 Å². The molecule has 0 saturated heterocycles. The molecule has 0 aliphatic rings. The van der Waals surface area contributed by atoms with Gasteiger partial charge in [0.25, 0.3) is 5.91 Å². The van der Waals surface area contributed by atoms with Crippen LogP contribution in [0, 0.1) is 0 Å². The van der Waals surface area contributed by atoms with Crippen molar-refractivity contribution in [1.82, 2.24) is 31.2 Å². The van der Waals surface area contributed by atoms with Crippen LogP contribution in [0.3, 0.4) is 0 Å². The highest BCUT2D eigenvalue weighted by Gasteiger charge is 2.26. The maximum Gasteiger partial charge on any atom is 0.408 e. The lowest BCUT2D eigenvalue weighted by Gasteiger charge is -2.23. The number of nitrogens with two attached hydrogens (primary N) is 3. The van der Waals surface area contributed by atoms with Gasteiger partial charge in [0.15, 0.2) is 28.4 Å². The molecule has 4 amide bonds. The highest BCUT2D eigenvalue weighted by Crippen LogP contribution is 2.22. The minimum absolute atomic E-state index is 0.00993. The third-order valence-electron chi connectivity index (χ3n) is 9.31. The van der Waals surface area contributed by atoms with Gasteiger partial charge in [0.1, 0.15) is 17.7 Å². The number of aliphatic imine (C=N–C) groups is 1. The second kappa shape index (κ2) is 25.4. The van der Waals surface area contributed by atoms with E-state index in [0.29, 0.717) is 25.8 Å². The quantitative estimate of drug-likeness (QED) is 0.0249. The van der Waals surface area contributed by atoms with E-state index in [1.807, 2.05) is 24.3 Å². The number of nitrogen functional groups attached to an aromatic ring is 2. The molecule has 1 aromatic heterocycles. The number of aromatic nitrogens is 2. The Morgan fingerprint density at radius 3 is 2.00 bits per heavy atom.